The minimum Gasteiger partial charge on any atom is -0.396 e. The minimum absolute atomic E-state index is 0.0938. The molecule has 2 nitrogen and oxygen atoms in total. The van der Waals surface area contributed by atoms with Crippen LogP contribution in [-0.4, -0.2) is 23.4 Å². The van der Waals surface area contributed by atoms with Gasteiger partial charge in [-0.3, -0.25) is 0 Å². The molecule has 0 fully saturated rings. The van der Waals surface area contributed by atoms with Crippen molar-refractivity contribution in [2.24, 2.45) is 0 Å². The molecule has 74 valence electrons. The van der Waals surface area contributed by atoms with E-state index in [2.05, 4.69) is 31.2 Å². The van der Waals surface area contributed by atoms with Crippen LogP contribution in [0.4, 0.5) is 0 Å². The predicted octanol–water partition coefficient (Wildman–Crippen LogP) is 1.61. The van der Waals surface area contributed by atoms with Crippen molar-refractivity contribution in [1.82, 2.24) is 0 Å². The van der Waals surface area contributed by atoms with Crippen molar-refractivity contribution in [3.05, 3.63) is 35.9 Å². The third-order valence-electron chi connectivity index (χ3n) is 1.57. The van der Waals surface area contributed by atoms with E-state index < -0.39 is 0 Å². The molecule has 0 aliphatic heterocycles. The van der Waals surface area contributed by atoms with E-state index in [1.165, 1.54) is 5.56 Å². The molecule has 0 aliphatic carbocycles. The summed E-state index contributed by atoms with van der Waals surface area (Å²) in [6, 6.07) is 10.5. The second-order valence-electron chi connectivity index (χ2n) is 2.64. The number of rotatable bonds is 3. The topological polar surface area (TPSA) is 40.5 Å². The molecule has 13 heavy (non-hydrogen) atoms. The predicted molar refractivity (Wildman–Crippen MR) is 54.6 cm³/mol. The molecule has 0 saturated heterocycles. The van der Waals surface area contributed by atoms with E-state index >= 15 is 0 Å². The number of aliphatic hydroxyl groups is 2. The van der Waals surface area contributed by atoms with Gasteiger partial charge in [0, 0.05) is 13.2 Å². The zero-order valence-corrected chi connectivity index (χ0v) is 8.11. The highest BCUT2D eigenvalue weighted by Gasteiger charge is 1.79. The second-order valence-corrected chi connectivity index (χ2v) is 2.64. The molecule has 1 aromatic rings. The zero-order chi connectivity index (χ0) is 9.94. The second kappa shape index (κ2) is 9.23. The van der Waals surface area contributed by atoms with Gasteiger partial charge in [-0.2, -0.15) is 0 Å². The molecule has 2 N–H and O–H groups in total. The van der Waals surface area contributed by atoms with Gasteiger partial charge in [-0.15, -0.1) is 0 Å². The van der Waals surface area contributed by atoms with E-state index in [4.69, 9.17) is 10.2 Å². The largest absolute Gasteiger partial charge is 0.396 e. The van der Waals surface area contributed by atoms with Gasteiger partial charge in [-0.25, -0.2) is 0 Å². The standard InChI is InChI=1S/C8H10.C3H8O2/c1-2-8-6-4-3-5-7-8;4-2-1-3-5/h3-7H,2H2,1H3;4-5H,1-3H2. The lowest BCUT2D eigenvalue weighted by molar-refractivity contribution is 0.221. The van der Waals surface area contributed by atoms with E-state index in [0.717, 1.165) is 6.42 Å². The van der Waals surface area contributed by atoms with Gasteiger partial charge in [-0.1, -0.05) is 37.3 Å². The van der Waals surface area contributed by atoms with Crippen LogP contribution in [0, 0.1) is 0 Å². The molecule has 1 aromatic carbocycles. The lowest BCUT2D eigenvalue weighted by Crippen LogP contribution is -1.85. The van der Waals surface area contributed by atoms with Gasteiger partial charge >= 0.3 is 0 Å². The Morgan fingerprint density at radius 1 is 1.00 bits per heavy atom. The third kappa shape index (κ3) is 7.50. The maximum absolute atomic E-state index is 7.91. The van der Waals surface area contributed by atoms with Gasteiger partial charge in [-0.05, 0) is 18.4 Å². The van der Waals surface area contributed by atoms with Crippen LogP contribution in [0.15, 0.2) is 30.3 Å². The quantitative estimate of drug-likeness (QED) is 0.745. The summed E-state index contributed by atoms with van der Waals surface area (Å²) in [5, 5.41) is 15.8. The number of hydrogen-bond acceptors (Lipinski definition) is 2. The van der Waals surface area contributed by atoms with Gasteiger partial charge in [0.2, 0.25) is 0 Å². The highest BCUT2D eigenvalue weighted by molar-refractivity contribution is 5.13. The molecule has 1 rings (SSSR count). The van der Waals surface area contributed by atoms with Crippen molar-refractivity contribution >= 4 is 0 Å². The molecule has 0 heterocycles. The third-order valence-corrected chi connectivity index (χ3v) is 1.57. The van der Waals surface area contributed by atoms with Crippen LogP contribution in [0.2, 0.25) is 0 Å². The Kier molecular flexibility index (Phi) is 8.62. The Morgan fingerprint density at radius 3 is 1.77 bits per heavy atom. The molecule has 0 spiro atoms. The fourth-order valence-corrected chi connectivity index (χ4v) is 0.784. The van der Waals surface area contributed by atoms with Crippen molar-refractivity contribution in [3.8, 4) is 0 Å². The number of hydrogen-bond donors (Lipinski definition) is 2. The Balaban J connectivity index is 0.000000252. The van der Waals surface area contributed by atoms with Gasteiger partial charge in [0.15, 0.2) is 0 Å². The van der Waals surface area contributed by atoms with E-state index in [-0.39, 0.29) is 13.2 Å². The summed E-state index contributed by atoms with van der Waals surface area (Å²) in [7, 11) is 0. The molecule has 0 atom stereocenters. The molecule has 2 heteroatoms. The molecule has 0 unspecified atom stereocenters. The molecule has 0 saturated carbocycles. The highest BCUT2D eigenvalue weighted by Crippen LogP contribution is 1.96. The lowest BCUT2D eigenvalue weighted by Gasteiger charge is -1.89. The van der Waals surface area contributed by atoms with E-state index in [1.54, 1.807) is 0 Å². The zero-order valence-electron chi connectivity index (χ0n) is 8.11. The van der Waals surface area contributed by atoms with Crippen LogP contribution in [0.3, 0.4) is 0 Å². The van der Waals surface area contributed by atoms with Crippen molar-refractivity contribution in [1.29, 1.82) is 0 Å². The molecular weight excluding hydrogens is 164 g/mol. The maximum Gasteiger partial charge on any atom is 0.0452 e. The fourth-order valence-electron chi connectivity index (χ4n) is 0.784. The number of aryl methyl sites for hydroxylation is 1. The van der Waals surface area contributed by atoms with Gasteiger partial charge in [0.05, 0.1) is 0 Å². The van der Waals surface area contributed by atoms with Crippen LogP contribution in [0.25, 0.3) is 0 Å². The first-order valence-electron chi connectivity index (χ1n) is 4.60. The minimum atomic E-state index is 0.0938. The van der Waals surface area contributed by atoms with Crippen LogP contribution in [0.5, 0.6) is 0 Å². The SMILES string of the molecule is CCc1ccccc1.OCCCO. The molecule has 0 aliphatic rings. The van der Waals surface area contributed by atoms with E-state index in [1.807, 2.05) is 6.07 Å². The van der Waals surface area contributed by atoms with Crippen LogP contribution < -0.4 is 0 Å². The summed E-state index contributed by atoms with van der Waals surface area (Å²) >= 11 is 0. The average molecular weight is 182 g/mol. The summed E-state index contributed by atoms with van der Waals surface area (Å²) < 4.78 is 0. The Labute approximate surface area is 79.9 Å². The van der Waals surface area contributed by atoms with E-state index in [9.17, 15) is 0 Å². The average Bonchev–Trinajstić information content (AvgIpc) is 2.21. The molecule has 0 aromatic heterocycles. The molecule has 0 bridgehead atoms. The van der Waals surface area contributed by atoms with Crippen molar-refractivity contribution in [3.63, 3.8) is 0 Å². The first kappa shape index (κ1) is 12.1. The summed E-state index contributed by atoms with van der Waals surface area (Å²) in [4.78, 5) is 0. The van der Waals surface area contributed by atoms with Crippen molar-refractivity contribution in [2.45, 2.75) is 19.8 Å². The first-order valence-corrected chi connectivity index (χ1v) is 4.60. The Morgan fingerprint density at radius 2 is 1.54 bits per heavy atom. The normalized spacial score (nSPS) is 8.85. The smallest absolute Gasteiger partial charge is 0.0452 e. The highest BCUT2D eigenvalue weighted by atomic mass is 16.3. The van der Waals surface area contributed by atoms with Gasteiger partial charge in [0.25, 0.3) is 0 Å². The fraction of sp³-hybridized carbons (Fsp3) is 0.455. The van der Waals surface area contributed by atoms with Gasteiger partial charge in [0.1, 0.15) is 0 Å². The van der Waals surface area contributed by atoms with Gasteiger partial charge < -0.3 is 10.2 Å². The summed E-state index contributed by atoms with van der Waals surface area (Å²) in [6.07, 6.45) is 1.64. The molecular formula is C11H18O2. The van der Waals surface area contributed by atoms with Crippen LogP contribution in [-0.2, 0) is 6.42 Å². The van der Waals surface area contributed by atoms with Crippen molar-refractivity contribution < 1.29 is 10.2 Å². The molecule has 0 radical (unpaired) electrons. The lowest BCUT2D eigenvalue weighted by atomic mass is 10.2. The van der Waals surface area contributed by atoms with Crippen LogP contribution >= 0.6 is 0 Å². The molecule has 0 amide bonds. The first-order chi connectivity index (χ1) is 6.35. The van der Waals surface area contributed by atoms with Crippen molar-refractivity contribution in [2.75, 3.05) is 13.2 Å². The number of benzene rings is 1. The Hall–Kier alpha value is -0.860. The van der Waals surface area contributed by atoms with E-state index in [0.29, 0.717) is 6.42 Å². The monoisotopic (exact) mass is 182 g/mol. The maximum atomic E-state index is 7.91. The summed E-state index contributed by atoms with van der Waals surface area (Å²) in [6.45, 7) is 2.35. The summed E-state index contributed by atoms with van der Waals surface area (Å²) in [5.74, 6) is 0. The number of aliphatic hydroxyl groups excluding tert-OH is 2. The summed E-state index contributed by atoms with van der Waals surface area (Å²) in [5.41, 5.74) is 1.41. The Bertz CT molecular complexity index is 183. The van der Waals surface area contributed by atoms with Crippen LogP contribution in [0.1, 0.15) is 18.9 Å².